The molecule has 2 fully saturated rings. The lowest BCUT2D eigenvalue weighted by molar-refractivity contribution is -0.135. The van der Waals surface area contributed by atoms with Crippen LogP contribution in [0, 0.1) is 11.7 Å². The highest BCUT2D eigenvalue weighted by Gasteiger charge is 2.37. The average molecular weight is 468 g/mol. The van der Waals surface area contributed by atoms with E-state index in [0.29, 0.717) is 48.2 Å². The molecule has 33 heavy (non-hydrogen) atoms. The van der Waals surface area contributed by atoms with Gasteiger partial charge in [0, 0.05) is 55.9 Å². The van der Waals surface area contributed by atoms with Gasteiger partial charge in [-0.1, -0.05) is 37.1 Å². The highest BCUT2D eigenvalue weighted by molar-refractivity contribution is 7.77. The number of carbonyl (C=O) groups is 1. The number of halogens is 1. The number of nitrogens with one attached hydrogen (secondary N) is 1. The van der Waals surface area contributed by atoms with Crippen molar-refractivity contribution in [3.8, 4) is 0 Å². The normalized spacial score (nSPS) is 18.7. The van der Waals surface area contributed by atoms with Gasteiger partial charge < -0.3 is 9.79 Å². The van der Waals surface area contributed by atoms with Crippen molar-refractivity contribution >= 4 is 29.5 Å². The summed E-state index contributed by atoms with van der Waals surface area (Å²) in [5.74, 6) is -0.0809. The van der Waals surface area contributed by atoms with E-state index in [0.717, 1.165) is 36.6 Å². The summed E-state index contributed by atoms with van der Waals surface area (Å²) in [6.07, 6.45) is 5.39. The zero-order chi connectivity index (χ0) is 23.0. The zero-order valence-electron chi connectivity index (χ0n) is 18.5. The molecule has 1 aliphatic carbocycles. The summed E-state index contributed by atoms with van der Waals surface area (Å²) >= 11 is 0. The van der Waals surface area contributed by atoms with Gasteiger partial charge in [0.05, 0.1) is 11.1 Å². The van der Waals surface area contributed by atoms with Crippen molar-refractivity contribution in [3.63, 3.8) is 0 Å². The number of nitrogens with zero attached hydrogens (tertiary/aromatic N) is 2. The van der Waals surface area contributed by atoms with Gasteiger partial charge in [-0.25, -0.2) is 9.49 Å². The van der Waals surface area contributed by atoms with E-state index in [1.807, 2.05) is 17.0 Å². The number of fused-ring (bicyclic) bond motifs is 1. The molecule has 5 rings (SSSR count). The lowest BCUT2D eigenvalue weighted by atomic mass is 10.0. The van der Waals surface area contributed by atoms with Crippen molar-refractivity contribution in [2.75, 3.05) is 25.4 Å². The zero-order valence-corrected chi connectivity index (χ0v) is 19.4. The van der Waals surface area contributed by atoms with Crippen molar-refractivity contribution in [3.05, 3.63) is 69.9 Å². The number of hydrogen-bond donors (Lipinski definition) is 2. The summed E-state index contributed by atoms with van der Waals surface area (Å²) in [5.41, 5.74) is 1.28. The summed E-state index contributed by atoms with van der Waals surface area (Å²) in [5, 5.41) is 8.47. The fraction of sp³-hybridized carbons (Fsp3) is 0.400. The number of aromatic nitrogens is 2. The van der Waals surface area contributed by atoms with E-state index in [1.165, 1.54) is 6.07 Å². The molecule has 3 aromatic rings. The van der Waals surface area contributed by atoms with Crippen LogP contribution in [-0.2, 0) is 11.2 Å². The minimum absolute atomic E-state index is 0.120. The first-order chi connectivity index (χ1) is 15.9. The smallest absolute Gasteiger partial charge is 0.272 e. The molecular weight excluding hydrogens is 440 g/mol. The van der Waals surface area contributed by atoms with E-state index in [4.69, 9.17) is 0 Å². The Kier molecular flexibility index (Phi) is 6.02. The van der Waals surface area contributed by atoms with Gasteiger partial charge in [0.15, 0.2) is 0 Å². The standard InChI is InChI=1S/C25H28FN3O3P/c26-21-10-9-17(15-22-19-7-3-4-8-20(19)24(30)28-27-22)16-23(21)33(32)13-11-29(12-14-33)25(31)18-5-1-2-6-18/h3-4,7-10,16,18,32H,1-2,5-6,11-15H2,(H,28,30). The lowest BCUT2D eigenvalue weighted by Gasteiger charge is -2.41. The summed E-state index contributed by atoms with van der Waals surface area (Å²) in [4.78, 5) is 38.1. The third kappa shape index (κ3) is 4.32. The van der Waals surface area contributed by atoms with Gasteiger partial charge in [-0.2, -0.15) is 5.10 Å². The number of benzene rings is 2. The average Bonchev–Trinajstić information content (AvgIpc) is 3.37. The summed E-state index contributed by atoms with van der Waals surface area (Å²) in [7, 11) is -2.70. The molecule has 1 aliphatic heterocycles. The molecule has 1 aromatic heterocycles. The maximum Gasteiger partial charge on any atom is 0.272 e. The molecule has 1 amide bonds. The predicted molar refractivity (Wildman–Crippen MR) is 129 cm³/mol. The Bertz CT molecular complexity index is 1250. The van der Waals surface area contributed by atoms with Crippen LogP contribution in [0.5, 0.6) is 0 Å². The quantitative estimate of drug-likeness (QED) is 0.576. The largest absolute Gasteiger partial charge is 0.375 e. The van der Waals surface area contributed by atoms with Gasteiger partial charge in [-0.3, -0.25) is 9.59 Å². The minimum atomic E-state index is -2.70. The molecule has 1 radical (unpaired) electrons. The van der Waals surface area contributed by atoms with Crippen LogP contribution >= 0.6 is 7.49 Å². The Balaban J connectivity index is 1.37. The molecule has 2 aromatic carbocycles. The third-order valence-corrected chi connectivity index (χ3v) is 10.2. The van der Waals surface area contributed by atoms with Crippen LogP contribution in [-0.4, -0.2) is 51.3 Å². The maximum absolute atomic E-state index is 14.9. The first-order valence-electron chi connectivity index (χ1n) is 11.6. The Morgan fingerprint density at radius 3 is 2.55 bits per heavy atom. The van der Waals surface area contributed by atoms with E-state index >= 15 is 0 Å². The van der Waals surface area contributed by atoms with Crippen molar-refractivity contribution in [1.29, 1.82) is 0 Å². The van der Waals surface area contributed by atoms with Crippen molar-refractivity contribution < 1.29 is 14.1 Å². The Morgan fingerprint density at radius 1 is 1.12 bits per heavy atom. The van der Waals surface area contributed by atoms with Crippen LogP contribution in [0.25, 0.3) is 10.8 Å². The van der Waals surface area contributed by atoms with E-state index in [2.05, 4.69) is 10.2 Å². The van der Waals surface area contributed by atoms with E-state index in [1.54, 1.807) is 24.3 Å². The summed E-state index contributed by atoms with van der Waals surface area (Å²) in [6.45, 7) is 0.963. The van der Waals surface area contributed by atoms with Gasteiger partial charge in [-0.05, 0) is 36.6 Å². The van der Waals surface area contributed by atoms with Gasteiger partial charge in [0.2, 0.25) is 5.91 Å². The van der Waals surface area contributed by atoms with Crippen molar-refractivity contribution in [2.24, 2.45) is 5.92 Å². The van der Waals surface area contributed by atoms with Crippen molar-refractivity contribution in [2.45, 2.75) is 32.1 Å². The second-order valence-electron chi connectivity index (χ2n) is 9.18. The molecule has 0 bridgehead atoms. The second-order valence-corrected chi connectivity index (χ2v) is 12.4. The lowest BCUT2D eigenvalue weighted by Crippen LogP contribution is -2.45. The summed E-state index contributed by atoms with van der Waals surface area (Å²) in [6, 6.07) is 12.1. The highest BCUT2D eigenvalue weighted by Crippen LogP contribution is 2.55. The number of hydrogen-bond acceptors (Lipinski definition) is 4. The topological polar surface area (TPSA) is 86.3 Å². The monoisotopic (exact) mass is 468 g/mol. The number of amides is 1. The van der Waals surface area contributed by atoms with E-state index in [-0.39, 0.29) is 17.4 Å². The van der Waals surface area contributed by atoms with Crippen LogP contribution < -0.4 is 10.9 Å². The summed E-state index contributed by atoms with van der Waals surface area (Å²) < 4.78 is 14.9. The van der Waals surface area contributed by atoms with Crippen LogP contribution in [0.15, 0.2) is 47.3 Å². The fourth-order valence-electron chi connectivity index (χ4n) is 5.17. The fourth-order valence-corrected chi connectivity index (χ4v) is 7.90. The second kappa shape index (κ2) is 8.96. The minimum Gasteiger partial charge on any atom is -0.375 e. The predicted octanol–water partition coefficient (Wildman–Crippen LogP) is 3.24. The van der Waals surface area contributed by atoms with Gasteiger partial charge in [0.25, 0.3) is 5.56 Å². The number of aromatic amines is 1. The third-order valence-electron chi connectivity index (χ3n) is 7.10. The first-order valence-corrected chi connectivity index (χ1v) is 13.7. The van der Waals surface area contributed by atoms with Gasteiger partial charge in [0.1, 0.15) is 5.82 Å². The van der Waals surface area contributed by atoms with Crippen LogP contribution in [0.1, 0.15) is 36.9 Å². The molecule has 0 atom stereocenters. The maximum atomic E-state index is 14.9. The number of carbonyl (C=O) groups excluding carboxylic acids is 1. The van der Waals surface area contributed by atoms with E-state index in [9.17, 15) is 18.9 Å². The number of rotatable bonds is 4. The SMILES string of the molecule is O=C(C1CCCC1)N1CC[P](O)(c2cc(Cc3n[nH]c(=O)c4ccccc34)ccc2F)CC1. The molecule has 173 valence electrons. The first kappa shape index (κ1) is 22.2. The molecule has 6 nitrogen and oxygen atoms in total. The number of H-pyrrole nitrogens is 1. The highest BCUT2D eigenvalue weighted by atomic mass is 31.2. The van der Waals surface area contributed by atoms with E-state index < -0.39 is 13.3 Å². The van der Waals surface area contributed by atoms with Gasteiger partial charge >= 0.3 is 0 Å². The molecule has 2 aliphatic rings. The molecular formula is C25H28FN3O3P. The molecule has 1 saturated heterocycles. The molecule has 0 spiro atoms. The molecule has 0 unspecified atom stereocenters. The van der Waals surface area contributed by atoms with Crippen LogP contribution in [0.2, 0.25) is 0 Å². The van der Waals surface area contributed by atoms with Crippen molar-refractivity contribution in [1.82, 2.24) is 15.1 Å². The van der Waals surface area contributed by atoms with Crippen LogP contribution in [0.4, 0.5) is 4.39 Å². The molecule has 2 heterocycles. The molecule has 1 saturated carbocycles. The van der Waals surface area contributed by atoms with Gasteiger partial charge in [-0.15, -0.1) is 0 Å². The molecule has 8 heteroatoms. The Hall–Kier alpha value is -2.63. The Morgan fingerprint density at radius 2 is 1.82 bits per heavy atom. The molecule has 2 N–H and O–H groups in total. The van der Waals surface area contributed by atoms with Crippen LogP contribution in [0.3, 0.4) is 0 Å². The Labute approximate surface area is 192 Å².